The first-order valence-electron chi connectivity index (χ1n) is 7.20. The third kappa shape index (κ3) is 3.74. The van der Waals surface area contributed by atoms with Crippen LogP contribution in [0.2, 0.25) is 0 Å². The number of aromatic nitrogens is 2. The van der Waals surface area contributed by atoms with Crippen molar-refractivity contribution in [1.29, 1.82) is 0 Å². The van der Waals surface area contributed by atoms with Crippen molar-refractivity contribution < 1.29 is 9.59 Å². The molecule has 0 radical (unpaired) electrons. The Morgan fingerprint density at radius 3 is 2.61 bits per heavy atom. The van der Waals surface area contributed by atoms with Crippen LogP contribution < -0.4 is 10.6 Å². The zero-order valence-electron chi connectivity index (χ0n) is 12.6. The number of hydrogen-bond donors (Lipinski definition) is 2. The maximum atomic E-state index is 12.1. The lowest BCUT2D eigenvalue weighted by Gasteiger charge is -2.07. The highest BCUT2D eigenvalue weighted by molar-refractivity contribution is 5.94. The van der Waals surface area contributed by atoms with E-state index in [0.29, 0.717) is 17.1 Å². The Morgan fingerprint density at radius 1 is 1.09 bits per heavy atom. The molecule has 2 amide bonds. The summed E-state index contributed by atoms with van der Waals surface area (Å²) >= 11 is 0. The van der Waals surface area contributed by atoms with Gasteiger partial charge in [-0.2, -0.15) is 0 Å². The molecule has 0 aliphatic carbocycles. The molecule has 0 unspecified atom stereocenters. The van der Waals surface area contributed by atoms with Crippen LogP contribution in [0.1, 0.15) is 12.6 Å². The lowest BCUT2D eigenvalue weighted by Crippen LogP contribution is -2.15. The first-order valence-corrected chi connectivity index (χ1v) is 7.20. The molecule has 23 heavy (non-hydrogen) atoms. The fourth-order valence-electron chi connectivity index (χ4n) is 2.32. The van der Waals surface area contributed by atoms with Gasteiger partial charge in [-0.05, 0) is 30.3 Å². The van der Waals surface area contributed by atoms with Gasteiger partial charge in [-0.1, -0.05) is 12.1 Å². The topological polar surface area (TPSA) is 75.5 Å². The van der Waals surface area contributed by atoms with Crippen molar-refractivity contribution in [3.8, 4) is 0 Å². The number of fused-ring (bicyclic) bond motifs is 1. The fourth-order valence-corrected chi connectivity index (χ4v) is 2.32. The largest absolute Gasteiger partial charge is 0.326 e. The van der Waals surface area contributed by atoms with Gasteiger partial charge in [-0.3, -0.25) is 9.59 Å². The van der Waals surface area contributed by atoms with Crippen molar-refractivity contribution in [3.63, 3.8) is 0 Å². The van der Waals surface area contributed by atoms with Gasteiger partial charge in [0.1, 0.15) is 5.65 Å². The number of anilines is 2. The Kier molecular flexibility index (Phi) is 4.05. The Morgan fingerprint density at radius 2 is 1.87 bits per heavy atom. The van der Waals surface area contributed by atoms with Gasteiger partial charge >= 0.3 is 0 Å². The van der Waals surface area contributed by atoms with Gasteiger partial charge in [0.2, 0.25) is 11.8 Å². The molecule has 0 saturated heterocycles. The summed E-state index contributed by atoms with van der Waals surface area (Å²) in [6.45, 7) is 1.44. The molecule has 3 rings (SSSR count). The Hall–Kier alpha value is -3.15. The van der Waals surface area contributed by atoms with E-state index in [4.69, 9.17) is 0 Å². The highest BCUT2D eigenvalue weighted by atomic mass is 16.2. The summed E-state index contributed by atoms with van der Waals surface area (Å²) < 4.78 is 1.88. The second kappa shape index (κ2) is 6.31. The molecule has 0 bridgehead atoms. The van der Waals surface area contributed by atoms with E-state index < -0.39 is 0 Å². The first kappa shape index (κ1) is 14.8. The lowest BCUT2D eigenvalue weighted by molar-refractivity contribution is -0.116. The van der Waals surface area contributed by atoms with E-state index in [1.54, 1.807) is 24.3 Å². The molecule has 6 heteroatoms. The summed E-state index contributed by atoms with van der Waals surface area (Å²) in [5.74, 6) is -0.313. The Balaban J connectivity index is 1.68. The maximum Gasteiger partial charge on any atom is 0.230 e. The summed E-state index contributed by atoms with van der Waals surface area (Å²) in [7, 11) is 0. The molecular formula is C17H16N4O2. The van der Waals surface area contributed by atoms with Gasteiger partial charge in [0.25, 0.3) is 0 Å². The summed E-state index contributed by atoms with van der Waals surface area (Å²) in [6, 6.07) is 12.7. The first-order chi connectivity index (χ1) is 11.1. The van der Waals surface area contributed by atoms with E-state index in [9.17, 15) is 9.59 Å². The Labute approximate surface area is 133 Å². The van der Waals surface area contributed by atoms with Crippen molar-refractivity contribution in [2.45, 2.75) is 13.3 Å². The summed E-state index contributed by atoms with van der Waals surface area (Å²) in [6.07, 6.45) is 3.91. The molecular weight excluding hydrogens is 292 g/mol. The smallest absolute Gasteiger partial charge is 0.230 e. The molecule has 0 atom stereocenters. The van der Waals surface area contributed by atoms with Crippen molar-refractivity contribution in [2.75, 3.05) is 10.6 Å². The highest BCUT2D eigenvalue weighted by Gasteiger charge is 2.08. The predicted molar refractivity (Wildman–Crippen MR) is 88.3 cm³/mol. The number of nitrogens with zero attached hydrogens (tertiary/aromatic N) is 2. The van der Waals surface area contributed by atoms with Gasteiger partial charge in [0.15, 0.2) is 0 Å². The SMILES string of the molecule is CC(=O)Nc1cccc(NC(=O)Cc2cn3ccccc3n2)c1. The maximum absolute atomic E-state index is 12.1. The summed E-state index contributed by atoms with van der Waals surface area (Å²) in [5, 5.41) is 5.49. The number of carbonyl (C=O) groups excluding carboxylic acids is 2. The number of benzene rings is 1. The number of carbonyl (C=O) groups is 2. The number of amides is 2. The van der Waals surface area contributed by atoms with Crippen LogP contribution in [0.25, 0.3) is 5.65 Å². The minimum absolute atomic E-state index is 0.154. The zero-order chi connectivity index (χ0) is 16.2. The Bertz CT molecular complexity index is 837. The molecule has 0 fully saturated rings. The molecule has 116 valence electrons. The summed E-state index contributed by atoms with van der Waals surface area (Å²) in [4.78, 5) is 27.6. The minimum Gasteiger partial charge on any atom is -0.326 e. The van der Waals surface area contributed by atoms with E-state index in [1.165, 1.54) is 6.92 Å². The van der Waals surface area contributed by atoms with E-state index in [0.717, 1.165) is 5.65 Å². The van der Waals surface area contributed by atoms with Crippen LogP contribution in [0.3, 0.4) is 0 Å². The van der Waals surface area contributed by atoms with Crippen LogP contribution in [0.4, 0.5) is 11.4 Å². The number of hydrogen-bond acceptors (Lipinski definition) is 3. The van der Waals surface area contributed by atoms with Crippen molar-refractivity contribution in [2.24, 2.45) is 0 Å². The lowest BCUT2D eigenvalue weighted by atomic mass is 10.2. The van der Waals surface area contributed by atoms with Gasteiger partial charge in [-0.25, -0.2) is 4.98 Å². The van der Waals surface area contributed by atoms with Crippen LogP contribution in [0, 0.1) is 0 Å². The molecule has 6 nitrogen and oxygen atoms in total. The van der Waals surface area contributed by atoms with Crippen LogP contribution in [-0.2, 0) is 16.0 Å². The second-order valence-electron chi connectivity index (χ2n) is 5.19. The molecule has 0 spiro atoms. The molecule has 2 N–H and O–H groups in total. The number of imidazole rings is 1. The zero-order valence-corrected chi connectivity index (χ0v) is 12.6. The number of rotatable bonds is 4. The second-order valence-corrected chi connectivity index (χ2v) is 5.19. The quantitative estimate of drug-likeness (QED) is 0.777. The molecule has 3 aromatic rings. The van der Waals surface area contributed by atoms with Gasteiger partial charge in [-0.15, -0.1) is 0 Å². The minimum atomic E-state index is -0.159. The fraction of sp³-hybridized carbons (Fsp3) is 0.118. The van der Waals surface area contributed by atoms with Crippen molar-refractivity contribution in [1.82, 2.24) is 9.38 Å². The molecule has 2 aromatic heterocycles. The van der Waals surface area contributed by atoms with Crippen LogP contribution in [0.5, 0.6) is 0 Å². The van der Waals surface area contributed by atoms with Crippen molar-refractivity contribution in [3.05, 3.63) is 60.6 Å². The third-order valence-electron chi connectivity index (χ3n) is 3.22. The summed E-state index contributed by atoms with van der Waals surface area (Å²) in [5.41, 5.74) is 2.78. The molecule has 1 aromatic carbocycles. The average molecular weight is 308 g/mol. The predicted octanol–water partition coefficient (Wildman–Crippen LogP) is 2.47. The molecule has 0 aliphatic heterocycles. The highest BCUT2D eigenvalue weighted by Crippen LogP contribution is 2.15. The molecule has 0 saturated carbocycles. The van der Waals surface area contributed by atoms with E-state index in [2.05, 4.69) is 15.6 Å². The van der Waals surface area contributed by atoms with E-state index in [-0.39, 0.29) is 18.2 Å². The van der Waals surface area contributed by atoms with Gasteiger partial charge in [0, 0.05) is 30.7 Å². The van der Waals surface area contributed by atoms with Crippen LogP contribution in [-0.4, -0.2) is 21.2 Å². The monoisotopic (exact) mass is 308 g/mol. The van der Waals surface area contributed by atoms with Gasteiger partial charge < -0.3 is 15.0 Å². The normalized spacial score (nSPS) is 10.5. The number of nitrogens with one attached hydrogen (secondary N) is 2. The molecule has 0 aliphatic rings. The van der Waals surface area contributed by atoms with E-state index in [1.807, 2.05) is 35.0 Å². The van der Waals surface area contributed by atoms with E-state index >= 15 is 0 Å². The standard InChI is InChI=1S/C17H16N4O2/c1-12(22)18-13-5-4-6-14(9-13)20-17(23)10-15-11-21-8-3-2-7-16(21)19-15/h2-9,11H,10H2,1H3,(H,18,22)(H,20,23). The van der Waals surface area contributed by atoms with Crippen LogP contribution >= 0.6 is 0 Å². The number of pyridine rings is 1. The third-order valence-corrected chi connectivity index (χ3v) is 3.22. The van der Waals surface area contributed by atoms with Crippen molar-refractivity contribution >= 4 is 28.8 Å². The van der Waals surface area contributed by atoms with Crippen LogP contribution in [0.15, 0.2) is 54.9 Å². The molecule has 2 heterocycles. The average Bonchev–Trinajstić information content (AvgIpc) is 2.88. The van der Waals surface area contributed by atoms with Gasteiger partial charge in [0.05, 0.1) is 12.1 Å².